The molecule has 1 aliphatic carbocycles. The number of hydrogen-bond donors (Lipinski definition) is 0. The van der Waals surface area contributed by atoms with Crippen LogP contribution in [0.1, 0.15) is 36.9 Å². The lowest BCUT2D eigenvalue weighted by Crippen LogP contribution is -2.29. The minimum atomic E-state index is -2.57. The molecule has 1 fully saturated rings. The summed E-state index contributed by atoms with van der Waals surface area (Å²) in [6.45, 7) is 1.93. The zero-order chi connectivity index (χ0) is 13.2. The first-order valence-corrected chi connectivity index (χ1v) is 6.28. The highest BCUT2D eigenvalue weighted by molar-refractivity contribution is 5.83. The smallest absolute Gasteiger partial charge is 0.248 e. The SMILES string of the molecule is Cc1ccc(CC(=O)C2CCC(F)(F)CC2)nc1. The average Bonchev–Trinajstić information content (AvgIpc) is 2.32. The second kappa shape index (κ2) is 5.12. The molecule has 0 saturated heterocycles. The van der Waals surface area contributed by atoms with Gasteiger partial charge in [0.25, 0.3) is 0 Å². The summed E-state index contributed by atoms with van der Waals surface area (Å²) in [5, 5.41) is 0. The van der Waals surface area contributed by atoms with Crippen LogP contribution in [0.2, 0.25) is 0 Å². The molecule has 0 spiro atoms. The van der Waals surface area contributed by atoms with Gasteiger partial charge in [-0.3, -0.25) is 9.78 Å². The standard InChI is InChI=1S/C14H17F2NO/c1-10-2-3-12(17-9-10)8-13(18)11-4-6-14(15,16)7-5-11/h2-3,9,11H,4-8H2,1H3. The molecule has 0 unspecified atom stereocenters. The van der Waals surface area contributed by atoms with Gasteiger partial charge in [-0.05, 0) is 31.4 Å². The molecular formula is C14H17F2NO. The lowest BCUT2D eigenvalue weighted by atomic mass is 9.83. The number of Topliss-reactive ketones (excluding diaryl/α,β-unsaturated/α-hetero) is 1. The number of hydrogen-bond acceptors (Lipinski definition) is 2. The topological polar surface area (TPSA) is 30.0 Å². The third-order valence-corrected chi connectivity index (χ3v) is 3.50. The largest absolute Gasteiger partial charge is 0.299 e. The van der Waals surface area contributed by atoms with Crippen LogP contribution in [0.25, 0.3) is 0 Å². The molecule has 0 N–H and O–H groups in total. The molecule has 98 valence electrons. The molecular weight excluding hydrogens is 236 g/mol. The third kappa shape index (κ3) is 3.34. The van der Waals surface area contributed by atoms with Crippen molar-refractivity contribution in [2.75, 3.05) is 0 Å². The molecule has 2 nitrogen and oxygen atoms in total. The number of pyridine rings is 1. The first-order valence-electron chi connectivity index (χ1n) is 6.28. The summed E-state index contributed by atoms with van der Waals surface area (Å²) >= 11 is 0. The minimum absolute atomic E-state index is 0.0434. The molecule has 2 rings (SSSR count). The van der Waals surface area contributed by atoms with Crippen LogP contribution >= 0.6 is 0 Å². The van der Waals surface area contributed by atoms with Crippen molar-refractivity contribution in [3.63, 3.8) is 0 Å². The predicted octanol–water partition coefficient (Wildman–Crippen LogP) is 3.33. The first-order chi connectivity index (χ1) is 8.46. The summed E-state index contributed by atoms with van der Waals surface area (Å²) in [4.78, 5) is 16.2. The molecule has 4 heteroatoms. The van der Waals surface area contributed by atoms with Crippen molar-refractivity contribution in [3.8, 4) is 0 Å². The molecule has 18 heavy (non-hydrogen) atoms. The zero-order valence-corrected chi connectivity index (χ0v) is 10.5. The van der Waals surface area contributed by atoms with Crippen LogP contribution in [-0.4, -0.2) is 16.7 Å². The van der Waals surface area contributed by atoms with Gasteiger partial charge in [-0.1, -0.05) is 6.07 Å². The first kappa shape index (κ1) is 13.1. The Balaban J connectivity index is 1.91. The number of halogens is 2. The molecule has 0 atom stereocenters. The molecule has 0 aromatic carbocycles. The van der Waals surface area contributed by atoms with Gasteiger partial charge in [-0.15, -0.1) is 0 Å². The third-order valence-electron chi connectivity index (χ3n) is 3.50. The van der Waals surface area contributed by atoms with E-state index in [1.165, 1.54) is 0 Å². The molecule has 0 bridgehead atoms. The highest BCUT2D eigenvalue weighted by Gasteiger charge is 2.37. The van der Waals surface area contributed by atoms with E-state index in [2.05, 4.69) is 4.98 Å². The maximum Gasteiger partial charge on any atom is 0.248 e. The fraction of sp³-hybridized carbons (Fsp3) is 0.571. The Hall–Kier alpha value is -1.32. The number of aromatic nitrogens is 1. The molecule has 1 aromatic heterocycles. The molecule has 0 amide bonds. The number of aryl methyl sites for hydroxylation is 1. The van der Waals surface area contributed by atoms with E-state index in [0.29, 0.717) is 12.8 Å². The van der Waals surface area contributed by atoms with Crippen LogP contribution in [0.5, 0.6) is 0 Å². The van der Waals surface area contributed by atoms with Gasteiger partial charge in [0.05, 0.1) is 0 Å². The van der Waals surface area contributed by atoms with Crippen molar-refractivity contribution >= 4 is 5.78 Å². The average molecular weight is 253 g/mol. The Morgan fingerprint density at radius 2 is 2.06 bits per heavy atom. The van der Waals surface area contributed by atoms with Gasteiger partial charge < -0.3 is 0 Å². The summed E-state index contributed by atoms with van der Waals surface area (Å²) in [5.74, 6) is -2.74. The number of carbonyl (C=O) groups is 1. The highest BCUT2D eigenvalue weighted by atomic mass is 19.3. The number of carbonyl (C=O) groups excluding carboxylic acids is 1. The summed E-state index contributed by atoms with van der Waals surface area (Å²) in [6, 6.07) is 3.73. The molecule has 0 aliphatic heterocycles. The Morgan fingerprint density at radius 1 is 1.39 bits per heavy atom. The number of nitrogens with zero attached hydrogens (tertiary/aromatic N) is 1. The van der Waals surface area contributed by atoms with Gasteiger partial charge in [0, 0.05) is 37.1 Å². The van der Waals surface area contributed by atoms with Gasteiger partial charge in [0.2, 0.25) is 5.92 Å². The van der Waals surface area contributed by atoms with E-state index in [4.69, 9.17) is 0 Å². The van der Waals surface area contributed by atoms with E-state index in [1.807, 2.05) is 19.1 Å². The van der Waals surface area contributed by atoms with Crippen molar-refractivity contribution in [2.45, 2.75) is 45.0 Å². The van der Waals surface area contributed by atoms with Crippen LogP contribution in [0.15, 0.2) is 18.3 Å². The van der Waals surface area contributed by atoms with E-state index >= 15 is 0 Å². The van der Waals surface area contributed by atoms with Crippen LogP contribution < -0.4 is 0 Å². The summed E-state index contributed by atoms with van der Waals surface area (Å²) in [7, 11) is 0. The van der Waals surface area contributed by atoms with Crippen molar-refractivity contribution in [3.05, 3.63) is 29.6 Å². The molecule has 0 radical (unpaired) electrons. The minimum Gasteiger partial charge on any atom is -0.299 e. The normalized spacial score (nSPS) is 19.7. The van der Waals surface area contributed by atoms with Crippen LogP contribution in [0, 0.1) is 12.8 Å². The number of ketones is 1. The maximum absolute atomic E-state index is 13.0. The quantitative estimate of drug-likeness (QED) is 0.827. The Kier molecular flexibility index (Phi) is 3.73. The maximum atomic E-state index is 13.0. The zero-order valence-electron chi connectivity index (χ0n) is 10.5. The summed E-state index contributed by atoms with van der Waals surface area (Å²) in [6.07, 6.45) is 2.26. The van der Waals surface area contributed by atoms with Crippen molar-refractivity contribution in [2.24, 2.45) is 5.92 Å². The fourth-order valence-electron chi connectivity index (χ4n) is 2.29. The predicted molar refractivity (Wildman–Crippen MR) is 64.6 cm³/mol. The Labute approximate surface area is 105 Å². The Bertz CT molecular complexity index is 418. The molecule has 1 heterocycles. The van der Waals surface area contributed by atoms with Gasteiger partial charge >= 0.3 is 0 Å². The van der Waals surface area contributed by atoms with Gasteiger partial charge in [-0.2, -0.15) is 0 Å². The van der Waals surface area contributed by atoms with E-state index in [9.17, 15) is 13.6 Å². The van der Waals surface area contributed by atoms with Crippen molar-refractivity contribution in [1.29, 1.82) is 0 Å². The molecule has 1 saturated carbocycles. The second-order valence-corrected chi connectivity index (χ2v) is 5.10. The number of alkyl halides is 2. The lowest BCUT2D eigenvalue weighted by molar-refractivity contribution is -0.126. The van der Waals surface area contributed by atoms with Crippen LogP contribution in [-0.2, 0) is 11.2 Å². The van der Waals surface area contributed by atoms with Gasteiger partial charge in [-0.25, -0.2) is 8.78 Å². The molecule has 1 aliphatic rings. The highest BCUT2D eigenvalue weighted by Crippen LogP contribution is 2.36. The second-order valence-electron chi connectivity index (χ2n) is 5.10. The van der Waals surface area contributed by atoms with Crippen LogP contribution in [0.4, 0.5) is 8.78 Å². The monoisotopic (exact) mass is 253 g/mol. The Morgan fingerprint density at radius 3 is 2.61 bits per heavy atom. The summed E-state index contributed by atoms with van der Waals surface area (Å²) in [5.41, 5.74) is 1.77. The van der Waals surface area contributed by atoms with E-state index in [0.717, 1.165) is 11.3 Å². The lowest BCUT2D eigenvalue weighted by Gasteiger charge is -2.27. The van der Waals surface area contributed by atoms with Crippen LogP contribution in [0.3, 0.4) is 0 Å². The van der Waals surface area contributed by atoms with E-state index in [1.54, 1.807) is 6.20 Å². The summed E-state index contributed by atoms with van der Waals surface area (Å²) < 4.78 is 26.0. The van der Waals surface area contributed by atoms with E-state index in [-0.39, 0.29) is 31.0 Å². The fourth-order valence-corrected chi connectivity index (χ4v) is 2.29. The van der Waals surface area contributed by atoms with E-state index < -0.39 is 5.92 Å². The number of rotatable bonds is 3. The van der Waals surface area contributed by atoms with Crippen molar-refractivity contribution < 1.29 is 13.6 Å². The van der Waals surface area contributed by atoms with Gasteiger partial charge in [0.15, 0.2) is 0 Å². The van der Waals surface area contributed by atoms with Gasteiger partial charge in [0.1, 0.15) is 5.78 Å². The molecule has 1 aromatic rings. The van der Waals surface area contributed by atoms with Crippen molar-refractivity contribution in [1.82, 2.24) is 4.98 Å².